The molecule has 0 bridgehead atoms. The van der Waals surface area contributed by atoms with Gasteiger partial charge < -0.3 is 5.32 Å². The van der Waals surface area contributed by atoms with Gasteiger partial charge in [-0.3, -0.25) is 19.7 Å². The average molecular weight is 417 g/mol. The standard InChI is InChI=1S/C22H17ClN6O/c1-14-5-8-24-12-18(14)21(30)10-16-11-28-20(13-27-16)17-9-15(3-4-19(17)23)29-22-25-6-2-7-26-22/h2-9,11-13H,10H2,1H3,(H,25,26,29). The Morgan fingerprint density at radius 1 is 1.00 bits per heavy atom. The molecule has 0 unspecified atom stereocenters. The highest BCUT2D eigenvalue weighted by Crippen LogP contribution is 2.29. The molecule has 30 heavy (non-hydrogen) atoms. The van der Waals surface area contributed by atoms with E-state index < -0.39 is 0 Å². The van der Waals surface area contributed by atoms with Crippen molar-refractivity contribution in [2.24, 2.45) is 0 Å². The number of hydrogen-bond acceptors (Lipinski definition) is 7. The van der Waals surface area contributed by atoms with Crippen LogP contribution in [0.2, 0.25) is 5.02 Å². The van der Waals surface area contributed by atoms with Gasteiger partial charge in [-0.15, -0.1) is 0 Å². The van der Waals surface area contributed by atoms with Crippen LogP contribution in [0.3, 0.4) is 0 Å². The Hall–Kier alpha value is -3.71. The van der Waals surface area contributed by atoms with Crippen molar-refractivity contribution in [1.29, 1.82) is 0 Å². The van der Waals surface area contributed by atoms with E-state index in [1.165, 1.54) is 0 Å². The van der Waals surface area contributed by atoms with E-state index in [4.69, 9.17) is 11.6 Å². The van der Waals surface area contributed by atoms with Gasteiger partial charge in [0.2, 0.25) is 5.95 Å². The number of nitrogens with one attached hydrogen (secondary N) is 1. The number of carbonyl (C=O) groups excluding carboxylic acids is 1. The molecule has 0 radical (unpaired) electrons. The predicted molar refractivity (Wildman–Crippen MR) is 115 cm³/mol. The molecule has 0 aliphatic rings. The summed E-state index contributed by atoms with van der Waals surface area (Å²) in [5.74, 6) is 0.436. The van der Waals surface area contributed by atoms with Crippen molar-refractivity contribution in [2.45, 2.75) is 13.3 Å². The summed E-state index contributed by atoms with van der Waals surface area (Å²) in [5, 5.41) is 3.66. The van der Waals surface area contributed by atoms with E-state index in [-0.39, 0.29) is 12.2 Å². The Bertz CT molecular complexity index is 1180. The summed E-state index contributed by atoms with van der Waals surface area (Å²) in [6, 6.07) is 9.01. The molecule has 148 valence electrons. The minimum atomic E-state index is -0.0465. The molecule has 4 rings (SSSR count). The maximum atomic E-state index is 12.5. The lowest BCUT2D eigenvalue weighted by Crippen LogP contribution is -2.08. The summed E-state index contributed by atoms with van der Waals surface area (Å²) in [6.07, 6.45) is 9.92. The zero-order valence-electron chi connectivity index (χ0n) is 16.1. The third-order valence-corrected chi connectivity index (χ3v) is 4.78. The summed E-state index contributed by atoms with van der Waals surface area (Å²) >= 11 is 6.37. The third-order valence-electron chi connectivity index (χ3n) is 4.45. The van der Waals surface area contributed by atoms with E-state index in [0.717, 1.165) is 11.3 Å². The smallest absolute Gasteiger partial charge is 0.227 e. The van der Waals surface area contributed by atoms with E-state index in [0.29, 0.717) is 33.5 Å². The SMILES string of the molecule is Cc1ccncc1C(=O)Cc1cnc(-c2cc(Nc3ncccn3)ccc2Cl)cn1. The van der Waals surface area contributed by atoms with Crippen LogP contribution in [0, 0.1) is 6.92 Å². The first kappa shape index (κ1) is 19.6. The molecule has 4 aromatic rings. The summed E-state index contributed by atoms with van der Waals surface area (Å²) < 4.78 is 0. The molecule has 0 fully saturated rings. The number of carbonyl (C=O) groups is 1. The van der Waals surface area contributed by atoms with Crippen LogP contribution in [0.4, 0.5) is 11.6 Å². The van der Waals surface area contributed by atoms with Gasteiger partial charge in [0.15, 0.2) is 5.78 Å². The maximum absolute atomic E-state index is 12.5. The van der Waals surface area contributed by atoms with Gasteiger partial charge >= 0.3 is 0 Å². The van der Waals surface area contributed by atoms with E-state index in [1.807, 2.05) is 25.1 Å². The normalized spacial score (nSPS) is 10.6. The molecule has 0 aliphatic carbocycles. The molecule has 8 heteroatoms. The number of anilines is 2. The van der Waals surface area contributed by atoms with E-state index in [9.17, 15) is 4.79 Å². The first-order valence-corrected chi connectivity index (χ1v) is 9.56. The van der Waals surface area contributed by atoms with Gasteiger partial charge in [-0.25, -0.2) is 9.97 Å². The van der Waals surface area contributed by atoms with Gasteiger partial charge in [-0.05, 0) is 42.8 Å². The van der Waals surface area contributed by atoms with Gasteiger partial charge in [0, 0.05) is 47.8 Å². The van der Waals surface area contributed by atoms with Gasteiger partial charge in [-0.1, -0.05) is 11.6 Å². The van der Waals surface area contributed by atoms with Crippen molar-refractivity contribution in [1.82, 2.24) is 24.9 Å². The fourth-order valence-electron chi connectivity index (χ4n) is 2.89. The Kier molecular flexibility index (Phi) is 5.72. The Labute approximate surface area is 178 Å². The van der Waals surface area contributed by atoms with E-state index in [1.54, 1.807) is 49.3 Å². The van der Waals surface area contributed by atoms with Crippen molar-refractivity contribution in [3.63, 3.8) is 0 Å². The zero-order valence-corrected chi connectivity index (χ0v) is 16.8. The molecular weight excluding hydrogens is 400 g/mol. The molecule has 0 amide bonds. The highest BCUT2D eigenvalue weighted by Gasteiger charge is 2.13. The summed E-state index contributed by atoms with van der Waals surface area (Å²) in [7, 11) is 0. The van der Waals surface area contributed by atoms with Crippen molar-refractivity contribution in [2.75, 3.05) is 5.32 Å². The quantitative estimate of drug-likeness (QED) is 0.464. The van der Waals surface area contributed by atoms with Crippen LogP contribution in [0.1, 0.15) is 21.6 Å². The summed E-state index contributed by atoms with van der Waals surface area (Å²) in [4.78, 5) is 33.7. The van der Waals surface area contributed by atoms with E-state index in [2.05, 4.69) is 30.2 Å². The van der Waals surface area contributed by atoms with Crippen LogP contribution in [0.15, 0.2) is 67.5 Å². The number of pyridine rings is 1. The average Bonchev–Trinajstić information content (AvgIpc) is 2.77. The van der Waals surface area contributed by atoms with Crippen LogP contribution >= 0.6 is 11.6 Å². The second kappa shape index (κ2) is 8.75. The number of rotatable bonds is 6. The van der Waals surface area contributed by atoms with Crippen LogP contribution in [0.5, 0.6) is 0 Å². The lowest BCUT2D eigenvalue weighted by Gasteiger charge is -2.09. The second-order valence-corrected chi connectivity index (χ2v) is 6.98. The van der Waals surface area contributed by atoms with E-state index >= 15 is 0 Å². The van der Waals surface area contributed by atoms with Gasteiger partial charge in [0.25, 0.3) is 0 Å². The number of nitrogens with zero attached hydrogens (tertiary/aromatic N) is 5. The fraction of sp³-hybridized carbons (Fsp3) is 0.0909. The van der Waals surface area contributed by atoms with Crippen molar-refractivity contribution in [3.8, 4) is 11.3 Å². The van der Waals surface area contributed by atoms with Gasteiger partial charge in [-0.2, -0.15) is 0 Å². The second-order valence-electron chi connectivity index (χ2n) is 6.58. The van der Waals surface area contributed by atoms with Crippen molar-refractivity contribution in [3.05, 3.63) is 89.4 Å². The van der Waals surface area contributed by atoms with Crippen LogP contribution in [-0.4, -0.2) is 30.7 Å². The highest BCUT2D eigenvalue weighted by atomic mass is 35.5. The fourth-order valence-corrected chi connectivity index (χ4v) is 3.11. The van der Waals surface area contributed by atoms with Crippen molar-refractivity contribution >= 4 is 29.0 Å². The number of Topliss-reactive ketones (excluding diaryl/α,β-unsaturated/α-hetero) is 1. The highest BCUT2D eigenvalue weighted by molar-refractivity contribution is 6.33. The largest absolute Gasteiger partial charge is 0.324 e. The molecule has 0 saturated heterocycles. The maximum Gasteiger partial charge on any atom is 0.227 e. The van der Waals surface area contributed by atoms with Crippen molar-refractivity contribution < 1.29 is 4.79 Å². The number of ketones is 1. The number of aromatic nitrogens is 5. The van der Waals surface area contributed by atoms with Gasteiger partial charge in [0.05, 0.1) is 29.0 Å². The Morgan fingerprint density at radius 2 is 1.83 bits per heavy atom. The topological polar surface area (TPSA) is 93.6 Å². The molecule has 1 aromatic carbocycles. The zero-order chi connectivity index (χ0) is 20.9. The Balaban J connectivity index is 1.53. The summed E-state index contributed by atoms with van der Waals surface area (Å²) in [5.41, 5.74) is 4.15. The Morgan fingerprint density at radius 3 is 2.57 bits per heavy atom. The first-order chi connectivity index (χ1) is 14.6. The molecule has 3 heterocycles. The number of halogens is 1. The first-order valence-electron chi connectivity index (χ1n) is 9.19. The number of hydrogen-bond donors (Lipinski definition) is 1. The predicted octanol–water partition coefficient (Wildman–Crippen LogP) is 4.46. The molecule has 0 atom stereocenters. The van der Waals surface area contributed by atoms with Crippen LogP contribution in [-0.2, 0) is 6.42 Å². The molecule has 1 N–H and O–H groups in total. The summed E-state index contributed by atoms with van der Waals surface area (Å²) in [6.45, 7) is 1.88. The molecule has 0 saturated carbocycles. The molecule has 7 nitrogen and oxygen atoms in total. The number of aryl methyl sites for hydroxylation is 1. The lowest BCUT2D eigenvalue weighted by atomic mass is 10.0. The van der Waals surface area contributed by atoms with Crippen LogP contribution in [0.25, 0.3) is 11.3 Å². The van der Waals surface area contributed by atoms with Crippen LogP contribution < -0.4 is 5.32 Å². The molecule has 0 spiro atoms. The van der Waals surface area contributed by atoms with Gasteiger partial charge in [0.1, 0.15) is 0 Å². The molecule has 0 aliphatic heterocycles. The lowest BCUT2D eigenvalue weighted by molar-refractivity contribution is 0.0991. The third kappa shape index (κ3) is 4.47. The minimum Gasteiger partial charge on any atom is -0.324 e. The number of benzene rings is 1. The molecule has 3 aromatic heterocycles. The molecular formula is C22H17ClN6O. The minimum absolute atomic E-state index is 0.0465. The monoisotopic (exact) mass is 416 g/mol.